The summed E-state index contributed by atoms with van der Waals surface area (Å²) < 4.78 is 66.7. The zero-order valence-electron chi connectivity index (χ0n) is 12.6. The number of alkyl halides is 3. The van der Waals surface area contributed by atoms with Crippen molar-refractivity contribution in [2.75, 3.05) is 0 Å². The summed E-state index contributed by atoms with van der Waals surface area (Å²) in [5, 5.41) is 2.89. The molecule has 0 amide bonds. The summed E-state index contributed by atoms with van der Waals surface area (Å²) >= 11 is 0. The summed E-state index contributed by atoms with van der Waals surface area (Å²) in [6, 6.07) is 5.53. The van der Waals surface area contributed by atoms with Crippen LogP contribution in [0.4, 0.5) is 13.2 Å². The van der Waals surface area contributed by atoms with E-state index in [0.29, 0.717) is 12.8 Å². The van der Waals surface area contributed by atoms with E-state index in [-0.39, 0.29) is 21.5 Å². The second-order valence-corrected chi connectivity index (χ2v) is 7.98. The summed E-state index contributed by atoms with van der Waals surface area (Å²) in [6.07, 6.45) is -0.594. The minimum absolute atomic E-state index is 0.165. The highest BCUT2D eigenvalue weighted by atomic mass is 32.2. The Morgan fingerprint density at radius 1 is 1.04 bits per heavy atom. The van der Waals surface area contributed by atoms with E-state index in [0.717, 1.165) is 19.3 Å². The standard InChI is InChI=1S/C15H15F3N2O3S/c16-15(17,18)14-19-13(20-23-14)10-6-8-12(9-7-10)24(21,22)11-4-2-1-3-5-11/h6-9,11H,1-5H2. The summed E-state index contributed by atoms with van der Waals surface area (Å²) in [5.41, 5.74) is 0.261. The molecule has 130 valence electrons. The molecule has 0 saturated heterocycles. The van der Waals surface area contributed by atoms with Gasteiger partial charge in [0.25, 0.3) is 0 Å². The molecule has 2 aromatic rings. The minimum Gasteiger partial charge on any atom is -0.329 e. The molecule has 1 aromatic carbocycles. The quantitative estimate of drug-likeness (QED) is 0.831. The van der Waals surface area contributed by atoms with Crippen LogP contribution in [0.1, 0.15) is 38.0 Å². The molecule has 24 heavy (non-hydrogen) atoms. The molecule has 1 saturated carbocycles. The maximum Gasteiger partial charge on any atom is 0.471 e. The second-order valence-electron chi connectivity index (χ2n) is 5.75. The lowest BCUT2D eigenvalue weighted by Crippen LogP contribution is -2.24. The molecule has 3 rings (SSSR count). The van der Waals surface area contributed by atoms with Gasteiger partial charge in [0.15, 0.2) is 9.84 Å². The number of hydrogen-bond acceptors (Lipinski definition) is 5. The molecular formula is C15H15F3N2O3S. The molecule has 1 aliphatic carbocycles. The number of rotatable bonds is 3. The van der Waals surface area contributed by atoms with E-state index in [1.54, 1.807) is 0 Å². The number of nitrogens with zero attached hydrogens (tertiary/aromatic N) is 2. The Bertz CT molecular complexity index is 807. The first kappa shape index (κ1) is 16.9. The van der Waals surface area contributed by atoms with Crippen molar-refractivity contribution in [3.05, 3.63) is 30.2 Å². The van der Waals surface area contributed by atoms with Gasteiger partial charge in [-0.05, 0) is 37.1 Å². The molecular weight excluding hydrogens is 345 g/mol. The Morgan fingerprint density at radius 2 is 1.67 bits per heavy atom. The SMILES string of the molecule is O=S(=O)(c1ccc(-c2noc(C(F)(F)F)n2)cc1)C1CCCCC1. The van der Waals surface area contributed by atoms with E-state index in [9.17, 15) is 21.6 Å². The number of benzene rings is 1. The fourth-order valence-electron chi connectivity index (χ4n) is 2.82. The molecule has 0 bridgehead atoms. The van der Waals surface area contributed by atoms with E-state index in [4.69, 9.17) is 0 Å². The molecule has 0 radical (unpaired) electrons. The van der Waals surface area contributed by atoms with Crippen LogP contribution in [0.25, 0.3) is 11.4 Å². The highest BCUT2D eigenvalue weighted by molar-refractivity contribution is 7.92. The molecule has 0 unspecified atom stereocenters. The largest absolute Gasteiger partial charge is 0.471 e. The van der Waals surface area contributed by atoms with Gasteiger partial charge in [-0.15, -0.1) is 0 Å². The van der Waals surface area contributed by atoms with Crippen molar-refractivity contribution in [3.63, 3.8) is 0 Å². The topological polar surface area (TPSA) is 73.1 Å². The third-order valence-electron chi connectivity index (χ3n) is 4.10. The maximum absolute atomic E-state index is 12.6. The predicted octanol–water partition coefficient (Wildman–Crippen LogP) is 3.86. The molecule has 0 aliphatic heterocycles. The van der Waals surface area contributed by atoms with Crippen molar-refractivity contribution in [1.82, 2.24) is 10.1 Å². The van der Waals surface area contributed by atoms with E-state index in [1.807, 2.05) is 0 Å². The zero-order valence-corrected chi connectivity index (χ0v) is 13.4. The van der Waals surface area contributed by atoms with Crippen LogP contribution in [0.2, 0.25) is 0 Å². The lowest BCUT2D eigenvalue weighted by Gasteiger charge is -2.21. The van der Waals surface area contributed by atoms with Crippen molar-refractivity contribution < 1.29 is 26.1 Å². The van der Waals surface area contributed by atoms with Crippen LogP contribution in [0.5, 0.6) is 0 Å². The lowest BCUT2D eigenvalue weighted by atomic mass is 10.0. The van der Waals surface area contributed by atoms with Gasteiger partial charge in [0.2, 0.25) is 5.82 Å². The van der Waals surface area contributed by atoms with Crippen LogP contribution in [-0.2, 0) is 16.0 Å². The molecule has 0 atom stereocenters. The predicted molar refractivity (Wildman–Crippen MR) is 78.8 cm³/mol. The molecule has 0 spiro atoms. The monoisotopic (exact) mass is 360 g/mol. The highest BCUT2D eigenvalue weighted by Gasteiger charge is 2.38. The van der Waals surface area contributed by atoms with E-state index in [1.165, 1.54) is 24.3 Å². The summed E-state index contributed by atoms with van der Waals surface area (Å²) in [7, 11) is -3.42. The number of sulfone groups is 1. The normalized spacial score (nSPS) is 17.1. The van der Waals surface area contributed by atoms with Gasteiger partial charge in [0.05, 0.1) is 10.1 Å². The molecule has 1 heterocycles. The van der Waals surface area contributed by atoms with Crippen LogP contribution in [0, 0.1) is 0 Å². The van der Waals surface area contributed by atoms with Gasteiger partial charge in [-0.1, -0.05) is 24.4 Å². The molecule has 1 aliphatic rings. The average molecular weight is 360 g/mol. The third kappa shape index (κ3) is 3.31. The number of hydrogen-bond donors (Lipinski definition) is 0. The number of halogens is 3. The van der Waals surface area contributed by atoms with Crippen LogP contribution in [-0.4, -0.2) is 23.8 Å². The van der Waals surface area contributed by atoms with Gasteiger partial charge in [0.1, 0.15) is 0 Å². The van der Waals surface area contributed by atoms with E-state index < -0.39 is 21.9 Å². The van der Waals surface area contributed by atoms with Gasteiger partial charge in [-0.25, -0.2) is 8.42 Å². The average Bonchev–Trinajstić information content (AvgIpc) is 3.06. The zero-order chi connectivity index (χ0) is 17.4. The fraction of sp³-hybridized carbons (Fsp3) is 0.467. The Kier molecular flexibility index (Phi) is 4.37. The van der Waals surface area contributed by atoms with Gasteiger partial charge >= 0.3 is 12.1 Å². The molecule has 1 aromatic heterocycles. The lowest BCUT2D eigenvalue weighted by molar-refractivity contribution is -0.159. The van der Waals surface area contributed by atoms with Crippen molar-refractivity contribution >= 4 is 9.84 Å². The molecule has 0 N–H and O–H groups in total. The Balaban J connectivity index is 1.84. The first-order valence-electron chi connectivity index (χ1n) is 7.54. The minimum atomic E-state index is -4.71. The molecule has 1 fully saturated rings. The summed E-state index contributed by atoms with van der Waals surface area (Å²) in [6.45, 7) is 0. The fourth-order valence-corrected chi connectivity index (χ4v) is 4.67. The van der Waals surface area contributed by atoms with Crippen LogP contribution >= 0.6 is 0 Å². The van der Waals surface area contributed by atoms with Gasteiger partial charge in [-0.3, -0.25) is 0 Å². The van der Waals surface area contributed by atoms with Crippen molar-refractivity contribution in [2.45, 2.75) is 48.4 Å². The first-order valence-corrected chi connectivity index (χ1v) is 9.08. The smallest absolute Gasteiger partial charge is 0.329 e. The van der Waals surface area contributed by atoms with Crippen LogP contribution in [0.3, 0.4) is 0 Å². The van der Waals surface area contributed by atoms with Crippen molar-refractivity contribution in [3.8, 4) is 11.4 Å². The van der Waals surface area contributed by atoms with Gasteiger partial charge < -0.3 is 4.52 Å². The second kappa shape index (κ2) is 6.19. The van der Waals surface area contributed by atoms with Crippen LogP contribution < -0.4 is 0 Å². The Hall–Kier alpha value is -1.90. The summed E-state index contributed by atoms with van der Waals surface area (Å²) in [4.78, 5) is 3.45. The van der Waals surface area contributed by atoms with E-state index in [2.05, 4.69) is 14.7 Å². The summed E-state index contributed by atoms with van der Waals surface area (Å²) in [5.74, 6) is -1.67. The third-order valence-corrected chi connectivity index (χ3v) is 6.38. The molecule has 5 nitrogen and oxygen atoms in total. The Morgan fingerprint density at radius 3 is 2.21 bits per heavy atom. The first-order chi connectivity index (χ1) is 11.3. The number of aromatic nitrogens is 2. The van der Waals surface area contributed by atoms with Crippen LogP contribution in [0.15, 0.2) is 33.7 Å². The van der Waals surface area contributed by atoms with Crippen molar-refractivity contribution in [2.24, 2.45) is 0 Å². The van der Waals surface area contributed by atoms with Gasteiger partial charge in [-0.2, -0.15) is 18.2 Å². The Labute approximate surface area is 136 Å². The van der Waals surface area contributed by atoms with E-state index >= 15 is 0 Å². The van der Waals surface area contributed by atoms with Gasteiger partial charge in [0, 0.05) is 5.56 Å². The highest BCUT2D eigenvalue weighted by Crippen LogP contribution is 2.31. The van der Waals surface area contributed by atoms with Crippen molar-refractivity contribution in [1.29, 1.82) is 0 Å². The maximum atomic E-state index is 12.6. The molecule has 9 heteroatoms.